The number of rotatable bonds is 2. The number of hydrogen-bond donors (Lipinski definition) is 0. The molecule has 76 valence electrons. The Kier molecular flexibility index (Phi) is 4.58. The second-order valence-corrected chi connectivity index (χ2v) is 3.92. The van der Waals surface area contributed by atoms with Gasteiger partial charge in [-0.2, -0.15) is 0 Å². The summed E-state index contributed by atoms with van der Waals surface area (Å²) in [6.45, 7) is 0.944. The van der Waals surface area contributed by atoms with Crippen LogP contribution >= 0.6 is 22.9 Å². The Morgan fingerprint density at radius 1 is 1.53 bits per heavy atom. The van der Waals surface area contributed by atoms with E-state index >= 15 is 0 Å². The van der Waals surface area contributed by atoms with Crippen LogP contribution in [0, 0.1) is 0 Å². The maximum Gasteiger partial charge on any atom is 1.00 e. The van der Waals surface area contributed by atoms with Gasteiger partial charge in [-0.3, -0.25) is 0 Å². The van der Waals surface area contributed by atoms with Gasteiger partial charge in [0, 0.05) is 0 Å². The first-order valence-corrected chi connectivity index (χ1v) is 4.98. The molecule has 1 aromatic rings. The van der Waals surface area contributed by atoms with Crippen LogP contribution in [-0.2, 0) is 9.47 Å². The Hall–Kier alpha value is -0.0926. The van der Waals surface area contributed by atoms with Crippen molar-refractivity contribution in [3.8, 4) is 0 Å². The van der Waals surface area contributed by atoms with Crippen LogP contribution in [0.25, 0.3) is 0 Å². The normalized spacial score (nSPS) is 16.3. The number of aromatic nitrogens is 1. The Labute approximate surface area is 107 Å². The number of ether oxygens (including phenoxy) is 2. The second-order valence-electron chi connectivity index (χ2n) is 2.54. The molecule has 8 heteroatoms. The maximum atomic E-state index is 10.5. The van der Waals surface area contributed by atoms with Gasteiger partial charge in [0.05, 0.1) is 18.1 Å². The van der Waals surface area contributed by atoms with Gasteiger partial charge in [0.2, 0.25) is 0 Å². The molecule has 1 fully saturated rings. The quantitative estimate of drug-likeness (QED) is 0.524. The van der Waals surface area contributed by atoms with Crippen molar-refractivity contribution in [3.05, 3.63) is 15.0 Å². The molecule has 0 atom stereocenters. The summed E-state index contributed by atoms with van der Waals surface area (Å²) in [5, 5.41) is 10.4. The van der Waals surface area contributed by atoms with E-state index in [4.69, 9.17) is 21.1 Å². The predicted molar refractivity (Wildman–Crippen MR) is 46.1 cm³/mol. The summed E-state index contributed by atoms with van der Waals surface area (Å²) in [6.07, 6.45) is -0.590. The van der Waals surface area contributed by atoms with E-state index < -0.39 is 12.3 Å². The van der Waals surface area contributed by atoms with E-state index in [0.717, 1.165) is 11.3 Å². The van der Waals surface area contributed by atoms with Crippen LogP contribution in [0.15, 0.2) is 0 Å². The number of carbonyl (C=O) groups excluding carboxylic acids is 1. The van der Waals surface area contributed by atoms with Crippen molar-refractivity contribution in [1.82, 2.24) is 4.98 Å². The molecule has 1 aromatic heterocycles. The topological polar surface area (TPSA) is 71.5 Å². The summed E-state index contributed by atoms with van der Waals surface area (Å²) in [5.41, 5.74) is 0. The zero-order chi connectivity index (χ0) is 10.1. The Balaban J connectivity index is 0.00000112. The Morgan fingerprint density at radius 2 is 2.13 bits per heavy atom. The maximum absolute atomic E-state index is 10.5. The number of nitrogens with zero attached hydrogens (tertiary/aromatic N) is 1. The molecular formula is C7H5ClLiNO4S. The summed E-state index contributed by atoms with van der Waals surface area (Å²) in [5.74, 6) is -1.35. The third-order valence-electron chi connectivity index (χ3n) is 1.62. The molecule has 2 heterocycles. The van der Waals surface area contributed by atoms with Gasteiger partial charge in [0.1, 0.15) is 16.1 Å². The van der Waals surface area contributed by atoms with E-state index in [1.54, 1.807) is 0 Å². The van der Waals surface area contributed by atoms with Crippen LogP contribution in [0.3, 0.4) is 0 Å². The molecular weight excluding hydrogens is 237 g/mol. The smallest absolute Gasteiger partial charge is 0.542 e. The predicted octanol–water partition coefficient (Wildman–Crippen LogP) is -2.79. The molecule has 0 amide bonds. The summed E-state index contributed by atoms with van der Waals surface area (Å²) in [7, 11) is 0. The van der Waals surface area contributed by atoms with Gasteiger partial charge in [-0.25, -0.2) is 4.98 Å². The van der Waals surface area contributed by atoms with E-state index in [0.29, 0.717) is 18.1 Å². The molecule has 1 saturated heterocycles. The molecule has 0 spiro atoms. The molecule has 0 radical (unpaired) electrons. The van der Waals surface area contributed by atoms with E-state index in [2.05, 4.69) is 4.98 Å². The Bertz CT molecular complexity index is 366. The molecule has 5 nitrogen and oxygen atoms in total. The first-order chi connectivity index (χ1) is 6.68. The number of carbonyl (C=O) groups is 1. The number of aromatic carboxylic acids is 1. The molecule has 0 aromatic carbocycles. The number of thiazole rings is 1. The van der Waals surface area contributed by atoms with Gasteiger partial charge in [-0.1, -0.05) is 11.6 Å². The SMILES string of the molecule is O=C([O-])c1nc(Cl)c(C2OCCO2)s1.[Li+]. The van der Waals surface area contributed by atoms with Crippen molar-refractivity contribution in [3.63, 3.8) is 0 Å². The van der Waals surface area contributed by atoms with Crippen LogP contribution in [0.1, 0.15) is 21.0 Å². The first kappa shape index (κ1) is 13.0. The first-order valence-electron chi connectivity index (χ1n) is 3.79. The number of carboxylic acid groups (broad SMARTS) is 1. The van der Waals surface area contributed by atoms with Crippen LogP contribution < -0.4 is 24.0 Å². The molecule has 2 rings (SSSR count). The average Bonchev–Trinajstić information content (AvgIpc) is 2.71. The van der Waals surface area contributed by atoms with Crippen molar-refractivity contribution in [2.45, 2.75) is 6.29 Å². The van der Waals surface area contributed by atoms with E-state index in [1.807, 2.05) is 0 Å². The molecule has 0 aliphatic carbocycles. The van der Waals surface area contributed by atoms with Gasteiger partial charge >= 0.3 is 18.9 Å². The minimum Gasteiger partial charge on any atom is -0.542 e. The van der Waals surface area contributed by atoms with Gasteiger partial charge in [-0.05, 0) is 0 Å². The minimum absolute atomic E-state index is 0. The monoisotopic (exact) mass is 241 g/mol. The molecule has 15 heavy (non-hydrogen) atoms. The largest absolute Gasteiger partial charge is 1.00 e. The minimum atomic E-state index is -1.35. The molecule has 0 N–H and O–H groups in total. The van der Waals surface area contributed by atoms with Crippen LogP contribution in [-0.4, -0.2) is 24.2 Å². The van der Waals surface area contributed by atoms with E-state index in [1.165, 1.54) is 0 Å². The van der Waals surface area contributed by atoms with Crippen molar-refractivity contribution in [2.24, 2.45) is 0 Å². The summed E-state index contributed by atoms with van der Waals surface area (Å²) < 4.78 is 10.3. The zero-order valence-corrected chi connectivity index (χ0v) is 9.43. The second kappa shape index (κ2) is 5.30. The van der Waals surface area contributed by atoms with Crippen LogP contribution in [0.4, 0.5) is 0 Å². The zero-order valence-electron chi connectivity index (χ0n) is 7.86. The molecule has 0 saturated carbocycles. The molecule has 0 bridgehead atoms. The van der Waals surface area contributed by atoms with Gasteiger partial charge in [-0.15, -0.1) is 11.3 Å². The van der Waals surface area contributed by atoms with Gasteiger partial charge < -0.3 is 19.4 Å². The van der Waals surface area contributed by atoms with Crippen molar-refractivity contribution in [2.75, 3.05) is 13.2 Å². The average molecular weight is 242 g/mol. The van der Waals surface area contributed by atoms with E-state index in [-0.39, 0.29) is 29.0 Å². The number of halogens is 1. The molecule has 1 aliphatic rings. The molecule has 1 aliphatic heterocycles. The van der Waals surface area contributed by atoms with Gasteiger partial charge in [0.15, 0.2) is 6.29 Å². The number of carboxylic acids is 1. The summed E-state index contributed by atoms with van der Waals surface area (Å²) in [6, 6.07) is 0. The summed E-state index contributed by atoms with van der Waals surface area (Å²) in [4.78, 5) is 14.6. The number of hydrogen-bond acceptors (Lipinski definition) is 6. The van der Waals surface area contributed by atoms with Crippen molar-refractivity contribution < 1.29 is 38.2 Å². The fourth-order valence-corrected chi connectivity index (χ4v) is 2.19. The van der Waals surface area contributed by atoms with Crippen LogP contribution in [0.2, 0.25) is 5.15 Å². The third-order valence-corrected chi connectivity index (χ3v) is 3.08. The summed E-state index contributed by atoms with van der Waals surface area (Å²) >= 11 is 6.63. The molecule has 0 unspecified atom stereocenters. The van der Waals surface area contributed by atoms with Gasteiger partial charge in [0.25, 0.3) is 0 Å². The standard InChI is InChI=1S/C7H6ClNO4S.Li/c8-4-3(7-12-1-2-13-7)14-5(9-4)6(10)11;/h7H,1-2H2,(H,10,11);/q;+1/p-1. The fourth-order valence-electron chi connectivity index (χ4n) is 1.06. The van der Waals surface area contributed by atoms with Crippen molar-refractivity contribution >= 4 is 28.9 Å². The Morgan fingerprint density at radius 3 is 2.60 bits per heavy atom. The van der Waals surface area contributed by atoms with E-state index in [9.17, 15) is 9.90 Å². The third kappa shape index (κ3) is 2.72. The van der Waals surface area contributed by atoms with Crippen LogP contribution in [0.5, 0.6) is 0 Å². The van der Waals surface area contributed by atoms with Crippen molar-refractivity contribution in [1.29, 1.82) is 0 Å². The fraction of sp³-hybridized carbons (Fsp3) is 0.429.